The van der Waals surface area contributed by atoms with Crippen molar-refractivity contribution in [2.24, 2.45) is 5.92 Å². The van der Waals surface area contributed by atoms with Crippen LogP contribution in [0.25, 0.3) is 6.08 Å². The number of hydrogen-bond acceptors (Lipinski definition) is 4. The quantitative estimate of drug-likeness (QED) is 0.525. The summed E-state index contributed by atoms with van der Waals surface area (Å²) in [5, 5.41) is 0. The maximum atomic E-state index is 12.1. The monoisotopic (exact) mass is 444 g/mol. The number of halogens is 1. The van der Waals surface area contributed by atoms with E-state index in [9.17, 15) is 9.59 Å². The van der Waals surface area contributed by atoms with Crippen molar-refractivity contribution in [1.82, 2.24) is 9.47 Å². The molecule has 5 nitrogen and oxygen atoms in total. The molecule has 2 aliphatic heterocycles. The van der Waals surface area contributed by atoms with Crippen LogP contribution in [-0.4, -0.2) is 41.7 Å². The number of benzene rings is 1. The van der Waals surface area contributed by atoms with Crippen molar-refractivity contribution < 1.29 is 9.53 Å². The van der Waals surface area contributed by atoms with Crippen molar-refractivity contribution >= 4 is 29.0 Å². The SMILES string of the molecule is Br.O=C(/C=C/c1ccccc1)OCCN1C[C@@H]2C[C@H](C1)c1cccc(=O)n1C2. The van der Waals surface area contributed by atoms with Crippen LogP contribution in [0.15, 0.2) is 59.4 Å². The van der Waals surface area contributed by atoms with Crippen LogP contribution in [-0.2, 0) is 16.1 Å². The first kappa shape index (κ1) is 20.6. The molecule has 0 unspecified atom stereocenters. The molecule has 0 radical (unpaired) electrons. The minimum atomic E-state index is -0.312. The standard InChI is InChI=1S/C22H24N2O3.BrH/c25-21-8-4-7-20-19-13-18(15-24(20)21)14-23(16-19)11-12-27-22(26)10-9-17-5-2-1-3-6-17;/h1-10,18-19H,11-16H2;1H/b10-9+;/t18-,19+;/m0./s1. The summed E-state index contributed by atoms with van der Waals surface area (Å²) < 4.78 is 7.29. The average Bonchev–Trinajstić information content (AvgIpc) is 2.68. The largest absolute Gasteiger partial charge is 0.461 e. The zero-order valence-corrected chi connectivity index (χ0v) is 17.4. The van der Waals surface area contributed by atoms with Gasteiger partial charge in [0.05, 0.1) is 0 Å². The van der Waals surface area contributed by atoms with Crippen molar-refractivity contribution in [3.05, 3.63) is 76.2 Å². The van der Waals surface area contributed by atoms with E-state index < -0.39 is 0 Å². The normalized spacial score (nSPS) is 21.0. The number of likely N-dealkylation sites (tertiary alicyclic amines) is 1. The first-order valence-corrected chi connectivity index (χ1v) is 9.51. The Bertz CT molecular complexity index is 894. The number of piperidine rings is 1. The van der Waals surface area contributed by atoms with Gasteiger partial charge in [-0.1, -0.05) is 36.4 Å². The van der Waals surface area contributed by atoms with Crippen LogP contribution in [0, 0.1) is 5.92 Å². The molecular formula is C22H25BrN2O3. The zero-order valence-electron chi connectivity index (χ0n) is 15.7. The van der Waals surface area contributed by atoms with E-state index in [0.29, 0.717) is 18.4 Å². The molecule has 0 N–H and O–H groups in total. The highest BCUT2D eigenvalue weighted by atomic mass is 79.9. The van der Waals surface area contributed by atoms with Crippen LogP contribution >= 0.6 is 17.0 Å². The van der Waals surface area contributed by atoms with E-state index in [-0.39, 0.29) is 28.5 Å². The predicted molar refractivity (Wildman–Crippen MR) is 115 cm³/mol. The Labute approximate surface area is 175 Å². The van der Waals surface area contributed by atoms with Crippen molar-refractivity contribution in [2.45, 2.75) is 18.9 Å². The van der Waals surface area contributed by atoms with Gasteiger partial charge in [-0.25, -0.2) is 4.79 Å². The number of esters is 1. The summed E-state index contributed by atoms with van der Waals surface area (Å²) in [6.07, 6.45) is 4.38. The molecule has 0 aliphatic carbocycles. The lowest BCUT2D eigenvalue weighted by atomic mass is 9.83. The summed E-state index contributed by atoms with van der Waals surface area (Å²) >= 11 is 0. The molecule has 0 saturated carbocycles. The van der Waals surface area contributed by atoms with E-state index in [1.165, 1.54) is 6.08 Å². The molecule has 3 heterocycles. The number of rotatable bonds is 5. The van der Waals surface area contributed by atoms with E-state index in [1.807, 2.05) is 41.0 Å². The van der Waals surface area contributed by atoms with Gasteiger partial charge in [0.2, 0.25) is 0 Å². The molecule has 2 bridgehead atoms. The zero-order chi connectivity index (χ0) is 18.6. The van der Waals surface area contributed by atoms with E-state index >= 15 is 0 Å². The van der Waals surface area contributed by atoms with E-state index in [2.05, 4.69) is 11.0 Å². The maximum Gasteiger partial charge on any atom is 0.330 e. The molecule has 4 rings (SSSR count). The maximum absolute atomic E-state index is 12.1. The average molecular weight is 445 g/mol. The van der Waals surface area contributed by atoms with Gasteiger partial charge in [-0.3, -0.25) is 9.69 Å². The van der Waals surface area contributed by atoms with Gasteiger partial charge in [0.25, 0.3) is 5.56 Å². The Kier molecular flexibility index (Phi) is 6.86. The molecule has 1 aromatic heterocycles. The number of ether oxygens (including phenoxy) is 1. The smallest absolute Gasteiger partial charge is 0.330 e. The highest BCUT2D eigenvalue weighted by Crippen LogP contribution is 2.34. The Morgan fingerprint density at radius 2 is 1.89 bits per heavy atom. The van der Waals surface area contributed by atoms with Crippen molar-refractivity contribution in [3.63, 3.8) is 0 Å². The van der Waals surface area contributed by atoms with Crippen molar-refractivity contribution in [1.29, 1.82) is 0 Å². The number of aromatic nitrogens is 1. The molecular weight excluding hydrogens is 420 g/mol. The molecule has 0 spiro atoms. The second-order valence-electron chi connectivity index (χ2n) is 7.37. The van der Waals surface area contributed by atoms with E-state index in [0.717, 1.165) is 43.9 Å². The lowest BCUT2D eigenvalue weighted by Gasteiger charge is -2.42. The third kappa shape index (κ3) is 4.80. The van der Waals surface area contributed by atoms with Crippen LogP contribution in [0.5, 0.6) is 0 Å². The van der Waals surface area contributed by atoms with Crippen LogP contribution in [0.2, 0.25) is 0 Å². The van der Waals surface area contributed by atoms with E-state index in [4.69, 9.17) is 4.74 Å². The summed E-state index contributed by atoms with van der Waals surface area (Å²) in [6, 6.07) is 15.3. The summed E-state index contributed by atoms with van der Waals surface area (Å²) in [5.41, 5.74) is 2.23. The van der Waals surface area contributed by atoms with Gasteiger partial charge in [-0.05, 0) is 30.0 Å². The van der Waals surface area contributed by atoms with Gasteiger partial charge in [-0.2, -0.15) is 0 Å². The summed E-state index contributed by atoms with van der Waals surface area (Å²) in [6.45, 7) is 3.78. The van der Waals surface area contributed by atoms with Crippen LogP contribution < -0.4 is 5.56 Å². The first-order chi connectivity index (χ1) is 13.2. The number of hydrogen-bond donors (Lipinski definition) is 0. The van der Waals surface area contributed by atoms with Gasteiger partial charge >= 0.3 is 5.97 Å². The molecule has 0 amide bonds. The fourth-order valence-corrected chi connectivity index (χ4v) is 4.23. The van der Waals surface area contributed by atoms with Crippen LogP contribution in [0.1, 0.15) is 23.6 Å². The molecule has 148 valence electrons. The third-order valence-corrected chi connectivity index (χ3v) is 5.42. The summed E-state index contributed by atoms with van der Waals surface area (Å²) in [4.78, 5) is 26.3. The minimum Gasteiger partial charge on any atom is -0.461 e. The highest BCUT2D eigenvalue weighted by molar-refractivity contribution is 8.93. The minimum absolute atomic E-state index is 0. The molecule has 1 aromatic carbocycles. The van der Waals surface area contributed by atoms with Gasteiger partial charge in [-0.15, -0.1) is 17.0 Å². The van der Waals surface area contributed by atoms with E-state index in [1.54, 1.807) is 12.1 Å². The number of fused-ring (bicyclic) bond motifs is 4. The van der Waals surface area contributed by atoms with Crippen LogP contribution in [0.3, 0.4) is 0 Å². The fourth-order valence-electron chi connectivity index (χ4n) is 4.23. The third-order valence-electron chi connectivity index (χ3n) is 5.42. The number of pyridine rings is 1. The number of carbonyl (C=O) groups excluding carboxylic acids is 1. The second kappa shape index (κ2) is 9.34. The fraction of sp³-hybridized carbons (Fsp3) is 0.364. The second-order valence-corrected chi connectivity index (χ2v) is 7.37. The molecule has 2 aliphatic rings. The summed E-state index contributed by atoms with van der Waals surface area (Å²) in [5.74, 6) is 0.568. The Hall–Kier alpha value is -2.18. The highest BCUT2D eigenvalue weighted by Gasteiger charge is 2.34. The first-order valence-electron chi connectivity index (χ1n) is 9.51. The van der Waals surface area contributed by atoms with Gasteiger partial charge in [0.1, 0.15) is 6.61 Å². The lowest BCUT2D eigenvalue weighted by molar-refractivity contribution is -0.138. The Morgan fingerprint density at radius 1 is 1.07 bits per heavy atom. The van der Waals surface area contributed by atoms with Gasteiger partial charge < -0.3 is 9.30 Å². The number of nitrogens with zero attached hydrogens (tertiary/aromatic N) is 2. The van der Waals surface area contributed by atoms with Gasteiger partial charge in [0, 0.05) is 49.9 Å². The lowest BCUT2D eigenvalue weighted by Crippen LogP contribution is -2.47. The van der Waals surface area contributed by atoms with Crippen molar-refractivity contribution in [2.75, 3.05) is 26.2 Å². The molecule has 1 fully saturated rings. The molecule has 28 heavy (non-hydrogen) atoms. The number of carbonyl (C=O) groups is 1. The molecule has 2 aromatic rings. The molecule has 6 heteroatoms. The van der Waals surface area contributed by atoms with Crippen LogP contribution in [0.4, 0.5) is 0 Å². The molecule has 2 atom stereocenters. The Morgan fingerprint density at radius 3 is 2.71 bits per heavy atom. The molecule has 1 saturated heterocycles. The predicted octanol–water partition coefficient (Wildman–Crippen LogP) is 3.10. The summed E-state index contributed by atoms with van der Waals surface area (Å²) in [7, 11) is 0. The van der Waals surface area contributed by atoms with Gasteiger partial charge in [0.15, 0.2) is 0 Å². The topological polar surface area (TPSA) is 51.5 Å². The van der Waals surface area contributed by atoms with Crippen molar-refractivity contribution in [3.8, 4) is 0 Å². The Balaban J connectivity index is 0.00000225.